The number of hydrogen-bond acceptors (Lipinski definition) is 1. The molecule has 0 aliphatic carbocycles. The van der Waals surface area contributed by atoms with E-state index in [1.165, 1.54) is 4.70 Å². The molecule has 0 atom stereocenters. The predicted octanol–water partition coefficient (Wildman–Crippen LogP) is 5.06. The lowest BCUT2D eigenvalue weighted by Crippen LogP contribution is -1.75. The van der Waals surface area contributed by atoms with E-state index in [0.29, 0.717) is 5.88 Å². The van der Waals surface area contributed by atoms with Gasteiger partial charge in [0.2, 0.25) is 0 Å². The average Bonchev–Trinajstić information content (AvgIpc) is 2.43. The van der Waals surface area contributed by atoms with Gasteiger partial charge < -0.3 is 0 Å². The van der Waals surface area contributed by atoms with Crippen LogP contribution in [0.5, 0.6) is 0 Å². The van der Waals surface area contributed by atoms with Crippen LogP contribution >= 0.6 is 50.5 Å². The number of hydrogen-bond donors (Lipinski definition) is 0. The number of thiophene rings is 1. The second kappa shape index (κ2) is 3.77. The minimum atomic E-state index is 0.528. The SMILES string of the molecule is ClCc1cccc2c(Cl)c(Br)sc12. The monoisotopic (exact) mass is 294 g/mol. The summed E-state index contributed by atoms with van der Waals surface area (Å²) in [5.74, 6) is 0.528. The van der Waals surface area contributed by atoms with E-state index < -0.39 is 0 Å². The van der Waals surface area contributed by atoms with E-state index in [-0.39, 0.29) is 0 Å². The first-order valence-electron chi connectivity index (χ1n) is 3.65. The van der Waals surface area contributed by atoms with Crippen LogP contribution < -0.4 is 0 Å². The topological polar surface area (TPSA) is 0 Å². The number of fused-ring (bicyclic) bond motifs is 1. The molecule has 4 heteroatoms. The molecule has 1 heterocycles. The van der Waals surface area contributed by atoms with E-state index in [1.807, 2.05) is 18.2 Å². The van der Waals surface area contributed by atoms with Crippen LogP contribution in [0.4, 0.5) is 0 Å². The molecule has 1 aromatic carbocycles. The molecule has 0 aliphatic heterocycles. The summed E-state index contributed by atoms with van der Waals surface area (Å²) in [6.07, 6.45) is 0. The predicted molar refractivity (Wildman–Crippen MR) is 64.1 cm³/mol. The molecule has 0 radical (unpaired) electrons. The van der Waals surface area contributed by atoms with E-state index >= 15 is 0 Å². The fraction of sp³-hybridized carbons (Fsp3) is 0.111. The highest BCUT2D eigenvalue weighted by Gasteiger charge is 2.09. The highest BCUT2D eigenvalue weighted by Crippen LogP contribution is 2.40. The Morgan fingerprint density at radius 1 is 1.38 bits per heavy atom. The molecule has 0 aliphatic rings. The molecular formula is C9H5BrCl2S. The molecule has 2 aromatic rings. The van der Waals surface area contributed by atoms with E-state index in [0.717, 1.165) is 19.8 Å². The largest absolute Gasteiger partial charge is 0.126 e. The second-order valence-corrected chi connectivity index (χ2v) is 5.60. The van der Waals surface area contributed by atoms with Crippen molar-refractivity contribution in [2.24, 2.45) is 0 Å². The summed E-state index contributed by atoms with van der Waals surface area (Å²) in [5.41, 5.74) is 1.14. The van der Waals surface area contributed by atoms with Crippen molar-refractivity contribution in [3.63, 3.8) is 0 Å². The zero-order chi connectivity index (χ0) is 9.42. The maximum Gasteiger partial charge on any atom is 0.0897 e. The maximum atomic E-state index is 6.09. The van der Waals surface area contributed by atoms with Gasteiger partial charge in [-0.15, -0.1) is 22.9 Å². The molecule has 0 amide bonds. The molecule has 13 heavy (non-hydrogen) atoms. The van der Waals surface area contributed by atoms with E-state index in [2.05, 4.69) is 15.9 Å². The smallest absolute Gasteiger partial charge is 0.0897 e. The normalized spacial score (nSPS) is 11.0. The van der Waals surface area contributed by atoms with Crippen molar-refractivity contribution in [1.82, 2.24) is 0 Å². The van der Waals surface area contributed by atoms with Crippen LogP contribution in [0, 0.1) is 0 Å². The summed E-state index contributed by atoms with van der Waals surface area (Å²) in [7, 11) is 0. The first-order valence-corrected chi connectivity index (χ1v) is 6.17. The molecular weight excluding hydrogens is 291 g/mol. The zero-order valence-corrected chi connectivity index (χ0v) is 10.4. The van der Waals surface area contributed by atoms with E-state index in [1.54, 1.807) is 11.3 Å². The summed E-state index contributed by atoms with van der Waals surface area (Å²) in [5, 5.41) is 1.86. The molecule has 0 N–H and O–H groups in total. The molecule has 0 spiro atoms. The van der Waals surface area contributed by atoms with Gasteiger partial charge >= 0.3 is 0 Å². The third kappa shape index (κ3) is 1.61. The van der Waals surface area contributed by atoms with Crippen LogP contribution in [0.1, 0.15) is 5.56 Å². The molecule has 0 saturated carbocycles. The van der Waals surface area contributed by atoms with Gasteiger partial charge in [-0.1, -0.05) is 29.8 Å². The lowest BCUT2D eigenvalue weighted by Gasteiger charge is -1.96. The van der Waals surface area contributed by atoms with Gasteiger partial charge in [0, 0.05) is 16.0 Å². The average molecular weight is 296 g/mol. The highest BCUT2D eigenvalue weighted by atomic mass is 79.9. The standard InChI is InChI=1S/C9H5BrCl2S/c10-9-7(12)6-3-1-2-5(4-11)8(6)13-9/h1-3H,4H2. The first kappa shape index (κ1) is 9.78. The van der Waals surface area contributed by atoms with E-state index in [4.69, 9.17) is 23.2 Å². The molecule has 0 fully saturated rings. The van der Waals surface area contributed by atoms with Crippen molar-refractivity contribution < 1.29 is 0 Å². The van der Waals surface area contributed by atoms with Crippen LogP contribution in [0.3, 0.4) is 0 Å². The Hall–Kier alpha value is 0.240. The van der Waals surface area contributed by atoms with Gasteiger partial charge in [-0.05, 0) is 21.5 Å². The minimum absolute atomic E-state index is 0.528. The fourth-order valence-electron chi connectivity index (χ4n) is 1.22. The Bertz CT molecular complexity index is 450. The Balaban J connectivity index is 2.84. The van der Waals surface area contributed by atoms with Crippen molar-refractivity contribution in [1.29, 1.82) is 0 Å². The number of alkyl halides is 1. The number of rotatable bonds is 1. The van der Waals surface area contributed by atoms with Crippen LogP contribution in [0.25, 0.3) is 10.1 Å². The lowest BCUT2D eigenvalue weighted by atomic mass is 10.2. The van der Waals surface area contributed by atoms with Crippen LogP contribution in [0.15, 0.2) is 22.0 Å². The van der Waals surface area contributed by atoms with Crippen molar-refractivity contribution >= 4 is 60.6 Å². The Kier molecular flexibility index (Phi) is 2.84. The third-order valence-corrected chi connectivity index (χ3v) is 4.81. The summed E-state index contributed by atoms with van der Waals surface area (Å²) in [6.45, 7) is 0. The second-order valence-electron chi connectivity index (χ2n) is 2.62. The molecule has 0 saturated heterocycles. The molecule has 1 aromatic heterocycles. The molecule has 0 unspecified atom stereocenters. The van der Waals surface area contributed by atoms with Crippen LogP contribution in [0.2, 0.25) is 5.02 Å². The number of benzene rings is 1. The summed E-state index contributed by atoms with van der Waals surface area (Å²) < 4.78 is 2.15. The van der Waals surface area contributed by atoms with Crippen molar-refractivity contribution in [3.05, 3.63) is 32.6 Å². The molecule has 0 bridgehead atoms. The summed E-state index contributed by atoms with van der Waals surface area (Å²) >= 11 is 17.0. The van der Waals surface area contributed by atoms with Crippen LogP contribution in [-0.2, 0) is 5.88 Å². The lowest BCUT2D eigenvalue weighted by molar-refractivity contribution is 1.47. The van der Waals surface area contributed by atoms with Crippen molar-refractivity contribution in [3.8, 4) is 0 Å². The van der Waals surface area contributed by atoms with Gasteiger partial charge in [0.05, 0.1) is 8.81 Å². The highest BCUT2D eigenvalue weighted by molar-refractivity contribution is 9.11. The van der Waals surface area contributed by atoms with Crippen molar-refractivity contribution in [2.45, 2.75) is 5.88 Å². The van der Waals surface area contributed by atoms with Gasteiger partial charge in [0.1, 0.15) is 0 Å². The Labute approximate surface area is 98.6 Å². The van der Waals surface area contributed by atoms with Gasteiger partial charge in [-0.3, -0.25) is 0 Å². The van der Waals surface area contributed by atoms with Gasteiger partial charge in [-0.2, -0.15) is 0 Å². The molecule has 68 valence electrons. The zero-order valence-electron chi connectivity index (χ0n) is 6.48. The Morgan fingerprint density at radius 3 is 2.85 bits per heavy atom. The summed E-state index contributed by atoms with van der Waals surface area (Å²) in [6, 6.07) is 6.01. The van der Waals surface area contributed by atoms with Gasteiger partial charge in [-0.25, -0.2) is 0 Å². The Morgan fingerprint density at radius 2 is 2.15 bits per heavy atom. The van der Waals surface area contributed by atoms with E-state index in [9.17, 15) is 0 Å². The maximum absolute atomic E-state index is 6.09. The molecule has 0 nitrogen and oxygen atoms in total. The third-order valence-electron chi connectivity index (χ3n) is 1.84. The van der Waals surface area contributed by atoms with Crippen LogP contribution in [-0.4, -0.2) is 0 Å². The number of halogens is 3. The van der Waals surface area contributed by atoms with Gasteiger partial charge in [0.15, 0.2) is 0 Å². The fourth-order valence-corrected chi connectivity index (χ4v) is 3.48. The summed E-state index contributed by atoms with van der Waals surface area (Å²) in [4.78, 5) is 0. The van der Waals surface area contributed by atoms with Gasteiger partial charge in [0.25, 0.3) is 0 Å². The first-order chi connectivity index (χ1) is 6.24. The molecule has 2 rings (SSSR count). The minimum Gasteiger partial charge on any atom is -0.126 e. The quantitative estimate of drug-likeness (QED) is 0.645. The van der Waals surface area contributed by atoms with Crippen molar-refractivity contribution in [2.75, 3.05) is 0 Å².